The molecule has 0 aromatic heterocycles. The highest BCUT2D eigenvalue weighted by Crippen LogP contribution is 2.43. The van der Waals surface area contributed by atoms with Crippen molar-refractivity contribution < 1.29 is 4.79 Å². The number of carbonyl (C=O) groups excluding carboxylic acids is 1. The summed E-state index contributed by atoms with van der Waals surface area (Å²) in [7, 11) is 0. The molecule has 0 radical (unpaired) electrons. The zero-order valence-electron chi connectivity index (χ0n) is 10.2. The fraction of sp³-hybridized carbons (Fsp3) is 0.643. The first-order chi connectivity index (χ1) is 6.97. The van der Waals surface area contributed by atoms with Crippen molar-refractivity contribution in [3.8, 4) is 0 Å². The average Bonchev–Trinajstić information content (AvgIpc) is 2.15. The Morgan fingerprint density at radius 3 is 2.80 bits per heavy atom. The van der Waals surface area contributed by atoms with E-state index >= 15 is 0 Å². The summed E-state index contributed by atoms with van der Waals surface area (Å²) in [5.74, 6) is 0.589. The zero-order valence-corrected chi connectivity index (χ0v) is 10.2. The summed E-state index contributed by atoms with van der Waals surface area (Å²) in [4.78, 5) is 11.3. The van der Waals surface area contributed by atoms with Gasteiger partial charge < -0.3 is 0 Å². The third-order valence-corrected chi connectivity index (χ3v) is 3.42. The smallest absolute Gasteiger partial charge is 0.155 e. The van der Waals surface area contributed by atoms with Crippen LogP contribution in [0, 0.1) is 11.3 Å². The maximum atomic E-state index is 11.3. The van der Waals surface area contributed by atoms with Crippen LogP contribution in [0.5, 0.6) is 0 Å². The van der Waals surface area contributed by atoms with E-state index in [1.54, 1.807) is 6.08 Å². The predicted molar refractivity (Wildman–Crippen MR) is 64.7 cm³/mol. The van der Waals surface area contributed by atoms with Crippen LogP contribution in [-0.4, -0.2) is 5.78 Å². The fourth-order valence-corrected chi connectivity index (χ4v) is 2.35. The number of carbonyl (C=O) groups is 1. The Labute approximate surface area is 93.3 Å². The Morgan fingerprint density at radius 1 is 1.60 bits per heavy atom. The Kier molecular flexibility index (Phi) is 3.90. The molecule has 1 nitrogen and oxygen atoms in total. The maximum Gasteiger partial charge on any atom is 0.155 e. The van der Waals surface area contributed by atoms with Crippen molar-refractivity contribution in [3.05, 3.63) is 24.3 Å². The second-order valence-electron chi connectivity index (χ2n) is 5.16. The van der Waals surface area contributed by atoms with Crippen LogP contribution in [0.3, 0.4) is 0 Å². The lowest BCUT2D eigenvalue weighted by Gasteiger charge is -2.38. The van der Waals surface area contributed by atoms with Crippen molar-refractivity contribution in [3.63, 3.8) is 0 Å². The molecule has 0 bridgehead atoms. The van der Waals surface area contributed by atoms with Gasteiger partial charge in [0.25, 0.3) is 0 Å². The van der Waals surface area contributed by atoms with Gasteiger partial charge in [0.15, 0.2) is 5.78 Å². The molecule has 1 heteroatoms. The molecule has 1 aliphatic rings. The second kappa shape index (κ2) is 4.78. The second-order valence-corrected chi connectivity index (χ2v) is 5.16. The Hall–Kier alpha value is -0.850. The molecule has 1 atom stereocenters. The van der Waals surface area contributed by atoms with Crippen molar-refractivity contribution in [2.45, 2.75) is 46.5 Å². The van der Waals surface area contributed by atoms with Gasteiger partial charge in [0, 0.05) is 12.3 Å². The molecule has 1 aliphatic carbocycles. The quantitative estimate of drug-likeness (QED) is 0.505. The van der Waals surface area contributed by atoms with Gasteiger partial charge >= 0.3 is 0 Å². The van der Waals surface area contributed by atoms with Crippen molar-refractivity contribution in [1.82, 2.24) is 0 Å². The summed E-state index contributed by atoms with van der Waals surface area (Å²) >= 11 is 0. The molecule has 0 aliphatic heterocycles. The van der Waals surface area contributed by atoms with E-state index < -0.39 is 0 Å². The summed E-state index contributed by atoms with van der Waals surface area (Å²) in [6, 6.07) is 0. The number of ketones is 1. The largest absolute Gasteiger partial charge is 0.295 e. The molecule has 15 heavy (non-hydrogen) atoms. The minimum absolute atomic E-state index is 0.212. The summed E-state index contributed by atoms with van der Waals surface area (Å²) in [6.07, 6.45) is 7.96. The Balaban J connectivity index is 2.76. The minimum atomic E-state index is 0.212. The van der Waals surface area contributed by atoms with Gasteiger partial charge in [-0.3, -0.25) is 4.79 Å². The molecule has 1 rings (SSSR count). The molecular weight excluding hydrogens is 184 g/mol. The lowest BCUT2D eigenvalue weighted by atomic mass is 9.66. The number of hydrogen-bond donors (Lipinski definition) is 0. The maximum absolute atomic E-state index is 11.3. The van der Waals surface area contributed by atoms with Gasteiger partial charge in [0.2, 0.25) is 0 Å². The highest BCUT2D eigenvalue weighted by molar-refractivity contribution is 5.89. The van der Waals surface area contributed by atoms with Crippen LogP contribution in [0.1, 0.15) is 46.5 Å². The molecule has 1 fully saturated rings. The van der Waals surface area contributed by atoms with E-state index in [2.05, 4.69) is 26.5 Å². The van der Waals surface area contributed by atoms with Gasteiger partial charge in [-0.25, -0.2) is 0 Å². The van der Waals surface area contributed by atoms with Crippen LogP contribution < -0.4 is 0 Å². The van der Waals surface area contributed by atoms with Crippen LogP contribution in [-0.2, 0) is 4.79 Å². The molecule has 0 heterocycles. The summed E-state index contributed by atoms with van der Waals surface area (Å²) in [5, 5.41) is 0. The third-order valence-electron chi connectivity index (χ3n) is 3.42. The molecule has 0 spiro atoms. The lowest BCUT2D eigenvalue weighted by Crippen LogP contribution is -2.28. The molecule has 0 aromatic rings. The van der Waals surface area contributed by atoms with E-state index in [0.29, 0.717) is 12.3 Å². The molecule has 0 amide bonds. The van der Waals surface area contributed by atoms with E-state index in [-0.39, 0.29) is 11.2 Å². The molecule has 0 saturated heterocycles. The monoisotopic (exact) mass is 206 g/mol. The van der Waals surface area contributed by atoms with E-state index in [0.717, 1.165) is 6.42 Å². The van der Waals surface area contributed by atoms with Gasteiger partial charge in [-0.05, 0) is 30.8 Å². The topological polar surface area (TPSA) is 17.1 Å². The standard InChI is InChI=1S/C14H22O/c1-5-12(15)8-9-13-11(2)7-6-10-14(13,3)4/h8-9,13H,2,5-7,10H2,1,3-4H3/b9-8+/t13-/m0/s1. The molecule has 84 valence electrons. The van der Waals surface area contributed by atoms with Crippen molar-refractivity contribution in [1.29, 1.82) is 0 Å². The molecule has 0 unspecified atom stereocenters. The molecule has 0 N–H and O–H groups in total. The van der Waals surface area contributed by atoms with E-state index in [1.165, 1.54) is 18.4 Å². The highest BCUT2D eigenvalue weighted by Gasteiger charge is 2.32. The van der Waals surface area contributed by atoms with Crippen molar-refractivity contribution >= 4 is 5.78 Å². The SMILES string of the molecule is C=C1CCCC(C)(C)[C@H]1/C=C/C(=O)CC. The van der Waals surface area contributed by atoms with Gasteiger partial charge in [-0.1, -0.05) is 39.0 Å². The Morgan fingerprint density at radius 2 is 2.27 bits per heavy atom. The van der Waals surface area contributed by atoms with Gasteiger partial charge in [-0.15, -0.1) is 0 Å². The molecule has 0 aromatic carbocycles. The average molecular weight is 206 g/mol. The van der Waals surface area contributed by atoms with Gasteiger partial charge in [0.1, 0.15) is 0 Å². The minimum Gasteiger partial charge on any atom is -0.295 e. The summed E-state index contributed by atoms with van der Waals surface area (Å²) < 4.78 is 0. The number of hydrogen-bond acceptors (Lipinski definition) is 1. The first kappa shape index (κ1) is 12.2. The normalized spacial score (nSPS) is 25.8. The zero-order chi connectivity index (χ0) is 11.5. The number of rotatable bonds is 3. The Bertz CT molecular complexity index is 284. The van der Waals surface area contributed by atoms with E-state index in [4.69, 9.17) is 0 Å². The first-order valence-corrected chi connectivity index (χ1v) is 5.86. The van der Waals surface area contributed by atoms with E-state index in [1.807, 2.05) is 6.92 Å². The van der Waals surface area contributed by atoms with Crippen molar-refractivity contribution in [2.75, 3.05) is 0 Å². The summed E-state index contributed by atoms with van der Waals surface area (Å²) in [5.41, 5.74) is 1.55. The van der Waals surface area contributed by atoms with Crippen LogP contribution in [0.25, 0.3) is 0 Å². The van der Waals surface area contributed by atoms with Gasteiger partial charge in [0.05, 0.1) is 0 Å². The van der Waals surface area contributed by atoms with Crippen LogP contribution in [0.2, 0.25) is 0 Å². The molecule has 1 saturated carbocycles. The summed E-state index contributed by atoms with van der Waals surface area (Å²) in [6.45, 7) is 10.6. The van der Waals surface area contributed by atoms with Gasteiger partial charge in [-0.2, -0.15) is 0 Å². The van der Waals surface area contributed by atoms with Crippen LogP contribution >= 0.6 is 0 Å². The number of allylic oxidation sites excluding steroid dienone is 3. The lowest BCUT2D eigenvalue weighted by molar-refractivity contribution is -0.114. The fourth-order valence-electron chi connectivity index (χ4n) is 2.35. The highest BCUT2D eigenvalue weighted by atomic mass is 16.1. The van der Waals surface area contributed by atoms with Crippen molar-refractivity contribution in [2.24, 2.45) is 11.3 Å². The first-order valence-electron chi connectivity index (χ1n) is 5.86. The van der Waals surface area contributed by atoms with Crippen LogP contribution in [0.4, 0.5) is 0 Å². The van der Waals surface area contributed by atoms with E-state index in [9.17, 15) is 4.79 Å². The molecular formula is C14H22O. The predicted octanol–water partition coefficient (Wildman–Crippen LogP) is 3.90. The third kappa shape index (κ3) is 3.05. The van der Waals surface area contributed by atoms with Crippen LogP contribution in [0.15, 0.2) is 24.3 Å².